The van der Waals surface area contributed by atoms with Crippen LogP contribution in [0.5, 0.6) is 11.5 Å². The summed E-state index contributed by atoms with van der Waals surface area (Å²) in [7, 11) is 0. The number of nitrogens with zero attached hydrogens (tertiary/aromatic N) is 1. The van der Waals surface area contributed by atoms with E-state index in [1.807, 2.05) is 18.2 Å². The third-order valence-electron chi connectivity index (χ3n) is 6.10. The fourth-order valence-electron chi connectivity index (χ4n) is 4.21. The molecule has 3 aromatic carbocycles. The fraction of sp³-hybridized carbons (Fsp3) is 0.214. The smallest absolute Gasteiger partial charge is 0.142 e. The van der Waals surface area contributed by atoms with Crippen molar-refractivity contribution in [2.75, 3.05) is 0 Å². The van der Waals surface area contributed by atoms with Gasteiger partial charge < -0.3 is 19.4 Å². The molecule has 4 aromatic rings. The van der Waals surface area contributed by atoms with Gasteiger partial charge in [0.05, 0.1) is 16.2 Å². The number of aryl methyl sites for hydroxylation is 1. The van der Waals surface area contributed by atoms with Gasteiger partial charge in [-0.05, 0) is 66.4 Å². The summed E-state index contributed by atoms with van der Waals surface area (Å²) >= 11 is 5.88. The minimum atomic E-state index is -0.872. The Balaban J connectivity index is 1.35. The Morgan fingerprint density at radius 2 is 2.00 bits per heavy atom. The number of Topliss-reactive ketones (excluding diaryl/α,β-unsaturated/α-hetero) is 1. The van der Waals surface area contributed by atoms with E-state index in [0.29, 0.717) is 53.1 Å². The molecule has 1 unspecified atom stereocenters. The molecule has 5 rings (SSSR count). The molecule has 0 spiro atoms. The van der Waals surface area contributed by atoms with Crippen LogP contribution in [0.4, 0.5) is 4.39 Å². The summed E-state index contributed by atoms with van der Waals surface area (Å²) in [5, 5.41) is 11.8. The number of hydrogen-bond donors (Lipinski definition) is 1. The molecule has 7 heteroatoms. The topological polar surface area (TPSA) is 68.7 Å². The summed E-state index contributed by atoms with van der Waals surface area (Å²) in [5.41, 5.74) is 4.57. The normalized spacial score (nSPS) is 14.6. The van der Waals surface area contributed by atoms with Gasteiger partial charge in [0.1, 0.15) is 42.4 Å². The largest absolute Gasteiger partial charge is 0.488 e. The zero-order valence-corrected chi connectivity index (χ0v) is 19.8. The third kappa shape index (κ3) is 4.99. The molecule has 0 radical (unpaired) electrons. The SMILES string of the molecule is CC(=O)CCc1ccc2c(c1)COc1ccc(OCc3ccc4cc(F)c(Cl)cc4n3)cc1C2O. The van der Waals surface area contributed by atoms with Crippen molar-refractivity contribution in [3.05, 3.63) is 99.5 Å². The van der Waals surface area contributed by atoms with Crippen LogP contribution in [0, 0.1) is 5.82 Å². The van der Waals surface area contributed by atoms with Crippen molar-refractivity contribution in [2.24, 2.45) is 0 Å². The highest BCUT2D eigenvalue weighted by atomic mass is 35.5. The lowest BCUT2D eigenvalue weighted by Gasteiger charge is -2.15. The second kappa shape index (κ2) is 9.64. The molecule has 1 atom stereocenters. The number of ether oxygens (including phenoxy) is 2. The molecule has 178 valence electrons. The van der Waals surface area contributed by atoms with E-state index in [2.05, 4.69) is 4.98 Å². The van der Waals surface area contributed by atoms with Gasteiger partial charge in [-0.25, -0.2) is 9.37 Å². The van der Waals surface area contributed by atoms with Crippen LogP contribution in [0.15, 0.2) is 60.7 Å². The second-order valence-electron chi connectivity index (χ2n) is 8.68. The number of aliphatic hydroxyl groups is 1. The Morgan fingerprint density at radius 1 is 1.14 bits per heavy atom. The van der Waals surface area contributed by atoms with Crippen LogP contribution in [0.2, 0.25) is 5.02 Å². The number of pyridine rings is 1. The molecule has 0 saturated carbocycles. The number of rotatable bonds is 6. The Bertz CT molecular complexity index is 1440. The molecule has 1 aromatic heterocycles. The standard InChI is InChI=1S/C28H23ClFNO4/c1-16(32)2-3-17-4-8-22-19(10-17)14-35-27-9-7-21(12-23(27)28(22)33)34-15-20-6-5-18-11-25(30)24(29)13-26(18)31-20/h4-13,28,33H,2-3,14-15H2,1H3. The third-order valence-corrected chi connectivity index (χ3v) is 6.39. The van der Waals surface area contributed by atoms with Crippen molar-refractivity contribution in [2.45, 2.75) is 39.1 Å². The molecule has 0 fully saturated rings. The van der Waals surface area contributed by atoms with Gasteiger partial charge in [0, 0.05) is 17.4 Å². The van der Waals surface area contributed by atoms with Gasteiger partial charge in [-0.3, -0.25) is 0 Å². The molecular weight excluding hydrogens is 469 g/mol. The first-order chi connectivity index (χ1) is 16.9. The summed E-state index contributed by atoms with van der Waals surface area (Å²) in [6.07, 6.45) is 0.274. The average molecular weight is 492 g/mol. The van der Waals surface area contributed by atoms with Gasteiger partial charge in [0.2, 0.25) is 0 Å². The summed E-state index contributed by atoms with van der Waals surface area (Å²) < 4.78 is 25.6. The van der Waals surface area contributed by atoms with Crippen LogP contribution in [0.3, 0.4) is 0 Å². The molecular formula is C28H23ClFNO4. The maximum atomic E-state index is 13.7. The van der Waals surface area contributed by atoms with Gasteiger partial charge in [-0.1, -0.05) is 35.9 Å². The zero-order valence-electron chi connectivity index (χ0n) is 19.1. The van der Waals surface area contributed by atoms with Crippen molar-refractivity contribution < 1.29 is 23.8 Å². The number of halogens is 2. The van der Waals surface area contributed by atoms with Crippen LogP contribution < -0.4 is 9.47 Å². The molecule has 35 heavy (non-hydrogen) atoms. The van der Waals surface area contributed by atoms with Crippen molar-refractivity contribution in [3.8, 4) is 11.5 Å². The van der Waals surface area contributed by atoms with E-state index in [1.165, 1.54) is 12.1 Å². The van der Waals surface area contributed by atoms with Gasteiger partial charge in [-0.15, -0.1) is 0 Å². The number of carbonyl (C=O) groups excluding carboxylic acids is 1. The lowest BCUT2D eigenvalue weighted by atomic mass is 9.94. The van der Waals surface area contributed by atoms with Crippen LogP contribution >= 0.6 is 11.6 Å². The van der Waals surface area contributed by atoms with E-state index < -0.39 is 11.9 Å². The summed E-state index contributed by atoms with van der Waals surface area (Å²) in [6.45, 7) is 2.11. The molecule has 0 bridgehead atoms. The lowest BCUT2D eigenvalue weighted by molar-refractivity contribution is -0.116. The van der Waals surface area contributed by atoms with Crippen molar-refractivity contribution in [3.63, 3.8) is 0 Å². The molecule has 1 aliphatic heterocycles. The van der Waals surface area contributed by atoms with Crippen LogP contribution in [-0.4, -0.2) is 15.9 Å². The Labute approximate surface area is 207 Å². The summed E-state index contributed by atoms with van der Waals surface area (Å²) in [4.78, 5) is 15.8. The number of ketones is 1. The molecule has 5 nitrogen and oxygen atoms in total. The van der Waals surface area contributed by atoms with Crippen molar-refractivity contribution in [1.82, 2.24) is 4.98 Å². The minimum Gasteiger partial charge on any atom is -0.488 e. The number of aromatic nitrogens is 1. The van der Waals surface area contributed by atoms with E-state index in [1.54, 1.807) is 37.3 Å². The van der Waals surface area contributed by atoms with E-state index in [0.717, 1.165) is 16.7 Å². The maximum Gasteiger partial charge on any atom is 0.142 e. The predicted octanol–water partition coefficient (Wildman–Crippen LogP) is 6.10. The molecule has 1 N–H and O–H groups in total. The monoisotopic (exact) mass is 491 g/mol. The highest BCUT2D eigenvalue weighted by molar-refractivity contribution is 6.31. The molecule has 1 aliphatic rings. The maximum absolute atomic E-state index is 13.7. The fourth-order valence-corrected chi connectivity index (χ4v) is 4.37. The number of benzene rings is 3. The molecule has 0 aliphatic carbocycles. The Hall–Kier alpha value is -3.48. The first-order valence-electron chi connectivity index (χ1n) is 11.3. The lowest BCUT2D eigenvalue weighted by Crippen LogP contribution is -2.04. The zero-order chi connectivity index (χ0) is 24.5. The van der Waals surface area contributed by atoms with Gasteiger partial charge in [-0.2, -0.15) is 0 Å². The van der Waals surface area contributed by atoms with E-state index in [4.69, 9.17) is 21.1 Å². The predicted molar refractivity (Wildman–Crippen MR) is 131 cm³/mol. The minimum absolute atomic E-state index is 0.0223. The van der Waals surface area contributed by atoms with Gasteiger partial charge in [0.25, 0.3) is 0 Å². The van der Waals surface area contributed by atoms with Crippen LogP contribution in [-0.2, 0) is 24.4 Å². The number of hydrogen-bond acceptors (Lipinski definition) is 5. The van der Waals surface area contributed by atoms with Crippen LogP contribution in [0.1, 0.15) is 47.4 Å². The number of fused-ring (bicyclic) bond motifs is 3. The van der Waals surface area contributed by atoms with Crippen molar-refractivity contribution in [1.29, 1.82) is 0 Å². The van der Waals surface area contributed by atoms with E-state index in [9.17, 15) is 14.3 Å². The van der Waals surface area contributed by atoms with Crippen molar-refractivity contribution >= 4 is 28.3 Å². The van der Waals surface area contributed by atoms with Gasteiger partial charge in [0.15, 0.2) is 0 Å². The number of carbonyl (C=O) groups is 1. The Kier molecular flexibility index (Phi) is 6.41. The highest BCUT2D eigenvalue weighted by Crippen LogP contribution is 2.38. The first kappa shape index (κ1) is 23.3. The molecule has 0 saturated heterocycles. The molecule has 0 amide bonds. The van der Waals surface area contributed by atoms with E-state index in [-0.39, 0.29) is 17.4 Å². The highest BCUT2D eigenvalue weighted by Gasteiger charge is 2.24. The first-order valence-corrected chi connectivity index (χ1v) is 11.7. The summed E-state index contributed by atoms with van der Waals surface area (Å²) in [6, 6.07) is 17.6. The average Bonchev–Trinajstić information content (AvgIpc) is 2.98. The second-order valence-corrected chi connectivity index (χ2v) is 9.08. The van der Waals surface area contributed by atoms with E-state index >= 15 is 0 Å². The summed E-state index contributed by atoms with van der Waals surface area (Å²) in [5.74, 6) is 0.816. The van der Waals surface area contributed by atoms with Gasteiger partial charge >= 0.3 is 0 Å². The number of aliphatic hydroxyl groups excluding tert-OH is 1. The van der Waals surface area contributed by atoms with Crippen LogP contribution in [0.25, 0.3) is 10.9 Å². The quantitative estimate of drug-likeness (QED) is 0.353. The Morgan fingerprint density at radius 3 is 2.83 bits per heavy atom. The molecule has 2 heterocycles.